The number of benzene rings is 1. The zero-order valence-electron chi connectivity index (χ0n) is 11.1. The maximum Gasteiger partial charge on any atom is 0.317 e. The van der Waals surface area contributed by atoms with Crippen LogP contribution >= 0.6 is 24.0 Å². The van der Waals surface area contributed by atoms with Crippen LogP contribution < -0.4 is 5.32 Å². The minimum Gasteiger partial charge on any atom is -0.480 e. The summed E-state index contributed by atoms with van der Waals surface area (Å²) in [4.78, 5) is 24.1. The second-order valence-electron chi connectivity index (χ2n) is 4.16. The van der Waals surface area contributed by atoms with Crippen LogP contribution in [-0.2, 0) is 9.59 Å². The van der Waals surface area contributed by atoms with E-state index in [1.807, 2.05) is 6.92 Å². The average molecular weight is 321 g/mol. The van der Waals surface area contributed by atoms with Gasteiger partial charge in [-0.2, -0.15) is 0 Å². The fourth-order valence-electron chi connectivity index (χ4n) is 1.69. The van der Waals surface area contributed by atoms with Crippen molar-refractivity contribution in [3.63, 3.8) is 0 Å². The van der Waals surface area contributed by atoms with Gasteiger partial charge in [-0.3, -0.25) is 14.5 Å². The molecule has 1 amide bonds. The number of amides is 1. The van der Waals surface area contributed by atoms with Crippen LogP contribution in [0, 0.1) is 0 Å². The fraction of sp³-hybridized carbons (Fsp3) is 0.385. The number of carboxylic acids is 1. The number of hydrogen-bond donors (Lipinski definition) is 2. The lowest BCUT2D eigenvalue weighted by atomic mass is 10.3. The van der Waals surface area contributed by atoms with Crippen LogP contribution in [0.3, 0.4) is 0 Å². The number of halogens is 2. The summed E-state index contributed by atoms with van der Waals surface area (Å²) >= 11 is 5.81. The number of carbonyl (C=O) groups excluding carboxylic acids is 1. The summed E-state index contributed by atoms with van der Waals surface area (Å²) in [6.45, 7) is 2.41. The molecule has 1 rings (SSSR count). The summed E-state index contributed by atoms with van der Waals surface area (Å²) in [5, 5.41) is 12.0. The molecule has 7 heteroatoms. The van der Waals surface area contributed by atoms with Gasteiger partial charge < -0.3 is 10.4 Å². The van der Waals surface area contributed by atoms with Gasteiger partial charge in [0, 0.05) is 10.7 Å². The Hall–Kier alpha value is -1.30. The normalized spacial score (nSPS) is 9.95. The van der Waals surface area contributed by atoms with Crippen molar-refractivity contribution in [1.82, 2.24) is 4.90 Å². The van der Waals surface area contributed by atoms with Gasteiger partial charge in [-0.1, -0.05) is 24.6 Å². The molecule has 0 saturated carbocycles. The molecular weight excluding hydrogens is 303 g/mol. The largest absolute Gasteiger partial charge is 0.480 e. The molecule has 112 valence electrons. The predicted molar refractivity (Wildman–Crippen MR) is 81.7 cm³/mol. The van der Waals surface area contributed by atoms with E-state index in [0.29, 0.717) is 17.3 Å². The molecule has 0 bridgehead atoms. The third kappa shape index (κ3) is 7.33. The van der Waals surface area contributed by atoms with E-state index in [1.54, 1.807) is 29.2 Å². The number of nitrogens with one attached hydrogen (secondary N) is 1. The highest BCUT2D eigenvalue weighted by Gasteiger charge is 2.13. The highest BCUT2D eigenvalue weighted by Crippen LogP contribution is 2.14. The van der Waals surface area contributed by atoms with Gasteiger partial charge in [0.1, 0.15) is 0 Å². The lowest BCUT2D eigenvalue weighted by Gasteiger charge is -2.18. The Morgan fingerprint density at radius 3 is 2.60 bits per heavy atom. The van der Waals surface area contributed by atoms with Crippen LogP contribution in [0.1, 0.15) is 13.3 Å². The summed E-state index contributed by atoms with van der Waals surface area (Å²) in [5.74, 6) is -1.19. The maximum absolute atomic E-state index is 11.8. The van der Waals surface area contributed by atoms with Crippen LogP contribution in [0.2, 0.25) is 5.02 Å². The first-order valence-corrected chi connectivity index (χ1v) is 6.38. The zero-order valence-corrected chi connectivity index (χ0v) is 12.7. The van der Waals surface area contributed by atoms with Gasteiger partial charge in [0.05, 0.1) is 13.1 Å². The minimum absolute atomic E-state index is 0. The van der Waals surface area contributed by atoms with Crippen LogP contribution in [0.25, 0.3) is 0 Å². The number of carboxylic acid groups (broad SMARTS) is 1. The number of anilines is 1. The Kier molecular flexibility index (Phi) is 8.96. The molecule has 20 heavy (non-hydrogen) atoms. The van der Waals surface area contributed by atoms with Gasteiger partial charge in [-0.15, -0.1) is 12.4 Å². The van der Waals surface area contributed by atoms with Crippen molar-refractivity contribution >= 4 is 41.6 Å². The summed E-state index contributed by atoms with van der Waals surface area (Å²) in [5.41, 5.74) is 0.601. The molecule has 0 radical (unpaired) electrons. The van der Waals surface area contributed by atoms with E-state index < -0.39 is 5.97 Å². The van der Waals surface area contributed by atoms with Crippen molar-refractivity contribution in [1.29, 1.82) is 0 Å². The quantitative estimate of drug-likeness (QED) is 0.809. The molecule has 0 spiro atoms. The van der Waals surface area contributed by atoms with Crippen molar-refractivity contribution in [3.05, 3.63) is 29.3 Å². The SMILES string of the molecule is CCCN(CC(=O)O)CC(=O)Nc1cccc(Cl)c1.Cl. The minimum atomic E-state index is -0.941. The molecular formula is C13H18Cl2N2O3. The third-order valence-electron chi connectivity index (χ3n) is 2.37. The molecule has 0 heterocycles. The smallest absolute Gasteiger partial charge is 0.317 e. The van der Waals surface area contributed by atoms with Gasteiger partial charge in [0.2, 0.25) is 5.91 Å². The maximum atomic E-state index is 11.8. The Morgan fingerprint density at radius 2 is 2.05 bits per heavy atom. The van der Waals surface area contributed by atoms with Crippen LogP contribution in [0.15, 0.2) is 24.3 Å². The van der Waals surface area contributed by atoms with Crippen LogP contribution in [0.5, 0.6) is 0 Å². The highest BCUT2D eigenvalue weighted by atomic mass is 35.5. The van der Waals surface area contributed by atoms with E-state index in [1.165, 1.54) is 0 Å². The van der Waals surface area contributed by atoms with Gasteiger partial charge >= 0.3 is 5.97 Å². The Morgan fingerprint density at radius 1 is 1.35 bits per heavy atom. The standard InChI is InChI=1S/C13H17ClN2O3.ClH/c1-2-6-16(9-13(18)19)8-12(17)15-11-5-3-4-10(14)7-11;/h3-5,7H,2,6,8-9H2,1H3,(H,15,17)(H,18,19);1H. The molecule has 1 aromatic carbocycles. The summed E-state index contributed by atoms with van der Waals surface area (Å²) in [7, 11) is 0. The third-order valence-corrected chi connectivity index (χ3v) is 2.61. The van der Waals surface area contributed by atoms with Gasteiger partial charge in [0.25, 0.3) is 0 Å². The fourth-order valence-corrected chi connectivity index (χ4v) is 1.88. The van der Waals surface area contributed by atoms with E-state index in [-0.39, 0.29) is 31.4 Å². The van der Waals surface area contributed by atoms with Crippen LogP contribution in [-0.4, -0.2) is 41.5 Å². The average Bonchev–Trinajstić information content (AvgIpc) is 2.27. The van der Waals surface area contributed by atoms with Gasteiger partial charge in [-0.25, -0.2) is 0 Å². The molecule has 5 nitrogen and oxygen atoms in total. The lowest BCUT2D eigenvalue weighted by molar-refractivity contribution is -0.138. The van der Waals surface area contributed by atoms with Crippen molar-refractivity contribution in [2.24, 2.45) is 0 Å². The molecule has 1 aromatic rings. The van der Waals surface area contributed by atoms with Gasteiger partial charge in [-0.05, 0) is 31.2 Å². The molecule has 0 unspecified atom stereocenters. The van der Waals surface area contributed by atoms with E-state index >= 15 is 0 Å². The van der Waals surface area contributed by atoms with Crippen molar-refractivity contribution in [2.45, 2.75) is 13.3 Å². The number of carbonyl (C=O) groups is 2. The molecule has 0 saturated heterocycles. The van der Waals surface area contributed by atoms with Crippen molar-refractivity contribution < 1.29 is 14.7 Å². The Labute approximate surface area is 129 Å². The van der Waals surface area contributed by atoms with Crippen molar-refractivity contribution in [3.8, 4) is 0 Å². The van der Waals surface area contributed by atoms with E-state index in [9.17, 15) is 9.59 Å². The predicted octanol–water partition coefficient (Wildman–Crippen LogP) is 2.50. The molecule has 0 atom stereocenters. The number of hydrogen-bond acceptors (Lipinski definition) is 3. The second-order valence-corrected chi connectivity index (χ2v) is 4.60. The Bertz CT molecular complexity index is 455. The molecule has 0 aliphatic carbocycles. The lowest BCUT2D eigenvalue weighted by Crippen LogP contribution is -2.37. The molecule has 0 aliphatic heterocycles. The van der Waals surface area contributed by atoms with Crippen LogP contribution in [0.4, 0.5) is 5.69 Å². The van der Waals surface area contributed by atoms with E-state index in [4.69, 9.17) is 16.7 Å². The van der Waals surface area contributed by atoms with E-state index in [0.717, 1.165) is 6.42 Å². The number of aliphatic carboxylic acids is 1. The first-order chi connectivity index (χ1) is 9.01. The first kappa shape index (κ1) is 18.7. The highest BCUT2D eigenvalue weighted by molar-refractivity contribution is 6.30. The summed E-state index contributed by atoms with van der Waals surface area (Å²) < 4.78 is 0. The van der Waals surface area contributed by atoms with Crippen molar-refractivity contribution in [2.75, 3.05) is 25.0 Å². The molecule has 0 fully saturated rings. The monoisotopic (exact) mass is 320 g/mol. The Balaban J connectivity index is 0.00000361. The summed E-state index contributed by atoms with van der Waals surface area (Å²) in [6.07, 6.45) is 0.789. The topological polar surface area (TPSA) is 69.6 Å². The van der Waals surface area contributed by atoms with E-state index in [2.05, 4.69) is 5.32 Å². The molecule has 2 N–H and O–H groups in total. The first-order valence-electron chi connectivity index (χ1n) is 6.01. The molecule has 0 aliphatic rings. The number of nitrogens with zero attached hydrogens (tertiary/aromatic N) is 1. The zero-order chi connectivity index (χ0) is 14.3. The second kappa shape index (κ2) is 9.58. The summed E-state index contributed by atoms with van der Waals surface area (Å²) in [6, 6.07) is 6.82. The molecule has 0 aromatic heterocycles. The van der Waals surface area contributed by atoms with Gasteiger partial charge in [0.15, 0.2) is 0 Å². The number of rotatable bonds is 7.